The summed E-state index contributed by atoms with van der Waals surface area (Å²) in [7, 11) is 2.27. The molecule has 0 bridgehead atoms. The summed E-state index contributed by atoms with van der Waals surface area (Å²) in [4.78, 5) is 2.54. The molecule has 0 saturated heterocycles. The average molecular weight is 274 g/mol. The van der Waals surface area contributed by atoms with Gasteiger partial charge in [-0.2, -0.15) is 0 Å². The van der Waals surface area contributed by atoms with Crippen molar-refractivity contribution in [1.29, 1.82) is 0 Å². The average Bonchev–Trinajstić information content (AvgIpc) is 2.39. The lowest BCUT2D eigenvalue weighted by Crippen LogP contribution is -2.46. The third-order valence-corrected chi connectivity index (χ3v) is 4.91. The molecular formula is C18H30N2. The van der Waals surface area contributed by atoms with Gasteiger partial charge in [0.2, 0.25) is 0 Å². The van der Waals surface area contributed by atoms with Crippen molar-refractivity contribution in [1.82, 2.24) is 4.90 Å². The fraction of sp³-hybridized carbons (Fsp3) is 0.667. The first-order valence-electron chi connectivity index (χ1n) is 8.04. The maximum Gasteiger partial charge on any atom is 0.0496 e. The standard InChI is InChI=1S/C18H30N2/c1-13-8-7-10-16(12-13)18(15(3)19)20(4)17-11-6-5-9-14(17)2/h7-8,10,12,14-15,17-18H,5-6,9,11,19H2,1-4H3. The molecule has 2 rings (SSSR count). The van der Waals surface area contributed by atoms with Crippen molar-refractivity contribution in [2.45, 2.75) is 64.6 Å². The van der Waals surface area contributed by atoms with Crippen LogP contribution in [-0.2, 0) is 0 Å². The van der Waals surface area contributed by atoms with Crippen molar-refractivity contribution in [3.63, 3.8) is 0 Å². The van der Waals surface area contributed by atoms with Crippen LogP contribution >= 0.6 is 0 Å². The third kappa shape index (κ3) is 3.42. The second-order valence-electron chi connectivity index (χ2n) is 6.71. The molecule has 1 fully saturated rings. The van der Waals surface area contributed by atoms with Gasteiger partial charge in [0.05, 0.1) is 0 Å². The molecule has 0 amide bonds. The van der Waals surface area contributed by atoms with Crippen LogP contribution in [0.5, 0.6) is 0 Å². The minimum Gasteiger partial charge on any atom is -0.326 e. The predicted octanol–water partition coefficient (Wildman–Crippen LogP) is 3.89. The quantitative estimate of drug-likeness (QED) is 0.902. The van der Waals surface area contributed by atoms with Crippen LogP contribution in [0.25, 0.3) is 0 Å². The lowest BCUT2D eigenvalue weighted by molar-refractivity contribution is 0.0859. The summed E-state index contributed by atoms with van der Waals surface area (Å²) < 4.78 is 0. The van der Waals surface area contributed by atoms with Gasteiger partial charge in [-0.25, -0.2) is 0 Å². The molecule has 0 aromatic heterocycles. The highest BCUT2D eigenvalue weighted by molar-refractivity contribution is 5.26. The third-order valence-electron chi connectivity index (χ3n) is 4.91. The lowest BCUT2D eigenvalue weighted by atomic mass is 9.83. The minimum absolute atomic E-state index is 0.149. The van der Waals surface area contributed by atoms with Gasteiger partial charge in [0, 0.05) is 18.1 Å². The van der Waals surface area contributed by atoms with E-state index in [0.717, 1.165) is 5.92 Å². The van der Waals surface area contributed by atoms with Crippen LogP contribution in [0.15, 0.2) is 24.3 Å². The molecule has 2 nitrogen and oxygen atoms in total. The van der Waals surface area contributed by atoms with E-state index in [1.807, 2.05) is 0 Å². The maximum atomic E-state index is 6.33. The molecule has 0 aliphatic heterocycles. The molecule has 2 heteroatoms. The molecule has 1 aromatic rings. The minimum atomic E-state index is 0.149. The van der Waals surface area contributed by atoms with E-state index >= 15 is 0 Å². The molecule has 1 aromatic carbocycles. The van der Waals surface area contributed by atoms with E-state index in [0.29, 0.717) is 12.1 Å². The van der Waals surface area contributed by atoms with Crippen LogP contribution in [0.4, 0.5) is 0 Å². The van der Waals surface area contributed by atoms with Gasteiger partial charge in [-0.1, -0.05) is 49.6 Å². The van der Waals surface area contributed by atoms with Gasteiger partial charge in [-0.05, 0) is 45.2 Å². The van der Waals surface area contributed by atoms with Crippen molar-refractivity contribution < 1.29 is 0 Å². The molecule has 4 atom stereocenters. The normalized spacial score (nSPS) is 26.5. The Morgan fingerprint density at radius 3 is 2.55 bits per heavy atom. The van der Waals surface area contributed by atoms with Gasteiger partial charge in [0.25, 0.3) is 0 Å². The molecule has 0 spiro atoms. The molecule has 1 saturated carbocycles. The Kier molecular flexibility index (Phi) is 5.22. The molecule has 2 N–H and O–H groups in total. The van der Waals surface area contributed by atoms with Gasteiger partial charge in [0.1, 0.15) is 0 Å². The summed E-state index contributed by atoms with van der Waals surface area (Å²) in [5.41, 5.74) is 9.01. The molecular weight excluding hydrogens is 244 g/mol. The van der Waals surface area contributed by atoms with Crippen LogP contribution in [0.2, 0.25) is 0 Å². The number of likely N-dealkylation sites (N-methyl/N-ethyl adjacent to an activating group) is 1. The molecule has 20 heavy (non-hydrogen) atoms. The fourth-order valence-electron chi connectivity index (χ4n) is 3.87. The van der Waals surface area contributed by atoms with E-state index in [2.05, 4.69) is 57.0 Å². The summed E-state index contributed by atoms with van der Waals surface area (Å²) >= 11 is 0. The van der Waals surface area contributed by atoms with E-state index < -0.39 is 0 Å². The maximum absolute atomic E-state index is 6.33. The Morgan fingerprint density at radius 1 is 1.25 bits per heavy atom. The Morgan fingerprint density at radius 2 is 1.95 bits per heavy atom. The van der Waals surface area contributed by atoms with Crippen molar-refractivity contribution in [3.8, 4) is 0 Å². The van der Waals surface area contributed by atoms with Crippen LogP contribution < -0.4 is 5.73 Å². The number of nitrogens with two attached hydrogens (primary N) is 1. The SMILES string of the molecule is Cc1cccc(C(C(C)N)N(C)C2CCCCC2C)c1. The van der Waals surface area contributed by atoms with Gasteiger partial charge >= 0.3 is 0 Å². The van der Waals surface area contributed by atoms with Crippen LogP contribution in [0.1, 0.15) is 56.7 Å². The monoisotopic (exact) mass is 274 g/mol. The van der Waals surface area contributed by atoms with Crippen molar-refractivity contribution in [3.05, 3.63) is 35.4 Å². The van der Waals surface area contributed by atoms with E-state index in [4.69, 9.17) is 5.73 Å². The van der Waals surface area contributed by atoms with E-state index in [9.17, 15) is 0 Å². The Bertz CT molecular complexity index is 427. The van der Waals surface area contributed by atoms with Gasteiger partial charge in [-0.3, -0.25) is 4.90 Å². The molecule has 0 heterocycles. The summed E-state index contributed by atoms with van der Waals surface area (Å²) in [6.45, 7) is 6.69. The Labute approximate surface area is 124 Å². The van der Waals surface area contributed by atoms with E-state index in [-0.39, 0.29) is 6.04 Å². The summed E-state index contributed by atoms with van der Waals surface area (Å²) in [6, 6.07) is 9.96. The second-order valence-corrected chi connectivity index (χ2v) is 6.71. The number of hydrogen-bond acceptors (Lipinski definition) is 2. The van der Waals surface area contributed by atoms with Crippen molar-refractivity contribution in [2.75, 3.05) is 7.05 Å². The van der Waals surface area contributed by atoms with Crippen LogP contribution in [0, 0.1) is 12.8 Å². The summed E-state index contributed by atoms with van der Waals surface area (Å²) in [5, 5.41) is 0. The van der Waals surface area contributed by atoms with Crippen molar-refractivity contribution >= 4 is 0 Å². The van der Waals surface area contributed by atoms with Gasteiger partial charge < -0.3 is 5.73 Å². The first-order chi connectivity index (χ1) is 9.50. The molecule has 112 valence electrons. The smallest absolute Gasteiger partial charge is 0.0496 e. The Balaban J connectivity index is 2.23. The highest BCUT2D eigenvalue weighted by Gasteiger charge is 2.31. The molecule has 1 aliphatic rings. The van der Waals surface area contributed by atoms with Crippen LogP contribution in [-0.4, -0.2) is 24.0 Å². The molecule has 1 aliphatic carbocycles. The number of aryl methyl sites for hydroxylation is 1. The molecule has 0 radical (unpaired) electrons. The van der Waals surface area contributed by atoms with Crippen molar-refractivity contribution in [2.24, 2.45) is 11.7 Å². The Hall–Kier alpha value is -0.860. The number of rotatable bonds is 4. The van der Waals surface area contributed by atoms with Crippen LogP contribution in [0.3, 0.4) is 0 Å². The topological polar surface area (TPSA) is 29.3 Å². The predicted molar refractivity (Wildman–Crippen MR) is 86.8 cm³/mol. The van der Waals surface area contributed by atoms with Gasteiger partial charge in [-0.15, -0.1) is 0 Å². The highest BCUT2D eigenvalue weighted by Crippen LogP contribution is 2.33. The zero-order chi connectivity index (χ0) is 14.7. The van der Waals surface area contributed by atoms with E-state index in [1.54, 1.807) is 0 Å². The van der Waals surface area contributed by atoms with E-state index in [1.165, 1.54) is 36.8 Å². The lowest BCUT2D eigenvalue weighted by Gasteiger charge is -2.42. The second kappa shape index (κ2) is 6.73. The zero-order valence-corrected chi connectivity index (χ0v) is 13.5. The summed E-state index contributed by atoms with van der Waals surface area (Å²) in [5.74, 6) is 0.778. The number of nitrogens with zero attached hydrogens (tertiary/aromatic N) is 1. The van der Waals surface area contributed by atoms with Gasteiger partial charge in [0.15, 0.2) is 0 Å². The number of benzene rings is 1. The summed E-state index contributed by atoms with van der Waals surface area (Å²) in [6.07, 6.45) is 5.42. The zero-order valence-electron chi connectivity index (χ0n) is 13.5. The highest BCUT2D eigenvalue weighted by atomic mass is 15.2. The largest absolute Gasteiger partial charge is 0.326 e. The first-order valence-corrected chi connectivity index (χ1v) is 8.04. The molecule has 4 unspecified atom stereocenters. The first kappa shape index (κ1) is 15.5. The fourth-order valence-corrected chi connectivity index (χ4v) is 3.87. The number of hydrogen-bond donors (Lipinski definition) is 1.